The lowest BCUT2D eigenvalue weighted by molar-refractivity contribution is -0.121. The number of hydrogen-bond acceptors (Lipinski definition) is 6. The topological polar surface area (TPSA) is 66.7 Å². The lowest BCUT2D eigenvalue weighted by Gasteiger charge is -2.24. The molecule has 8 heteroatoms. The fourth-order valence-electron chi connectivity index (χ4n) is 3.91. The third-order valence-electron chi connectivity index (χ3n) is 5.49. The summed E-state index contributed by atoms with van der Waals surface area (Å²) in [5, 5.41) is 3.49. The molecule has 0 unspecified atom stereocenters. The van der Waals surface area contributed by atoms with Crippen LogP contribution in [0, 0.1) is 6.92 Å². The molecule has 2 fully saturated rings. The second-order valence-corrected chi connectivity index (χ2v) is 9.30. The Kier molecular flexibility index (Phi) is 6.06. The zero-order valence-electron chi connectivity index (χ0n) is 16.9. The number of thiocarbonyl (C=S) groups is 1. The maximum Gasteiger partial charge on any atom is 0.267 e. The van der Waals surface area contributed by atoms with Crippen LogP contribution in [0.4, 0.5) is 5.82 Å². The molecule has 4 rings (SSSR count). The summed E-state index contributed by atoms with van der Waals surface area (Å²) in [5.74, 6) is 0.331. The fourth-order valence-corrected chi connectivity index (χ4v) is 5.17. The number of rotatable bonds is 5. The lowest BCUT2D eigenvalue weighted by atomic mass is 9.95. The smallest absolute Gasteiger partial charge is 0.267 e. The highest BCUT2D eigenvalue weighted by Gasteiger charge is 2.32. The zero-order valence-corrected chi connectivity index (χ0v) is 18.5. The predicted molar refractivity (Wildman–Crippen MR) is 127 cm³/mol. The number of amides is 1. The Morgan fingerprint density at radius 3 is 2.83 bits per heavy atom. The SMILES string of the molecule is C=CCN1C(=O)/C(=C\c2c(NC3CCCCC3)nc3c(C)cccn3c2=O)SC1=S. The van der Waals surface area contributed by atoms with Gasteiger partial charge in [-0.1, -0.05) is 55.4 Å². The summed E-state index contributed by atoms with van der Waals surface area (Å²) in [6, 6.07) is 4.04. The van der Waals surface area contributed by atoms with E-state index in [1.165, 1.54) is 40.3 Å². The molecule has 0 bridgehead atoms. The Hall–Kier alpha value is -2.45. The molecule has 0 aromatic carbocycles. The van der Waals surface area contributed by atoms with Crippen molar-refractivity contribution in [2.45, 2.75) is 45.1 Å². The molecule has 2 aromatic rings. The number of anilines is 1. The van der Waals surface area contributed by atoms with Crippen molar-refractivity contribution < 1.29 is 4.79 Å². The van der Waals surface area contributed by atoms with Gasteiger partial charge in [-0.3, -0.25) is 18.9 Å². The highest BCUT2D eigenvalue weighted by atomic mass is 32.2. The van der Waals surface area contributed by atoms with E-state index in [-0.39, 0.29) is 17.5 Å². The number of carbonyl (C=O) groups is 1. The fraction of sp³-hybridized carbons (Fsp3) is 0.364. The molecular formula is C22H24N4O2S2. The second kappa shape index (κ2) is 8.73. The van der Waals surface area contributed by atoms with Crippen LogP contribution >= 0.6 is 24.0 Å². The van der Waals surface area contributed by atoms with E-state index in [1.54, 1.807) is 18.3 Å². The van der Waals surface area contributed by atoms with Gasteiger partial charge in [-0.15, -0.1) is 6.58 Å². The summed E-state index contributed by atoms with van der Waals surface area (Å²) in [4.78, 5) is 32.9. The number of pyridine rings is 1. The molecule has 30 heavy (non-hydrogen) atoms. The van der Waals surface area contributed by atoms with E-state index in [4.69, 9.17) is 17.2 Å². The van der Waals surface area contributed by atoms with Crippen LogP contribution in [0.25, 0.3) is 11.7 Å². The van der Waals surface area contributed by atoms with Gasteiger partial charge in [0.05, 0.1) is 10.5 Å². The monoisotopic (exact) mass is 440 g/mol. The first kappa shape index (κ1) is 20.8. The molecule has 0 radical (unpaired) electrons. The molecule has 1 saturated heterocycles. The van der Waals surface area contributed by atoms with E-state index in [2.05, 4.69) is 11.9 Å². The minimum atomic E-state index is -0.206. The van der Waals surface area contributed by atoms with Crippen molar-refractivity contribution in [3.63, 3.8) is 0 Å². The van der Waals surface area contributed by atoms with Gasteiger partial charge < -0.3 is 5.32 Å². The van der Waals surface area contributed by atoms with Crippen molar-refractivity contribution in [1.82, 2.24) is 14.3 Å². The summed E-state index contributed by atoms with van der Waals surface area (Å²) in [6.45, 7) is 5.97. The van der Waals surface area contributed by atoms with Crippen LogP contribution in [-0.2, 0) is 4.79 Å². The molecular weight excluding hydrogens is 416 g/mol. The maximum atomic E-state index is 13.4. The van der Waals surface area contributed by atoms with Crippen molar-refractivity contribution >= 4 is 51.7 Å². The number of aryl methyl sites for hydroxylation is 1. The van der Waals surface area contributed by atoms with Crippen molar-refractivity contribution in [1.29, 1.82) is 0 Å². The number of thioether (sulfide) groups is 1. The quantitative estimate of drug-likeness (QED) is 0.428. The van der Waals surface area contributed by atoms with Crippen LogP contribution in [0.15, 0.2) is 40.7 Å². The van der Waals surface area contributed by atoms with Crippen molar-refractivity contribution in [2.75, 3.05) is 11.9 Å². The second-order valence-electron chi connectivity index (χ2n) is 7.62. The van der Waals surface area contributed by atoms with Gasteiger partial charge in [0, 0.05) is 18.8 Å². The average molecular weight is 441 g/mol. The van der Waals surface area contributed by atoms with Crippen LogP contribution in [0.1, 0.15) is 43.2 Å². The first-order valence-electron chi connectivity index (χ1n) is 10.1. The van der Waals surface area contributed by atoms with Crippen LogP contribution < -0.4 is 10.9 Å². The number of carbonyl (C=O) groups excluding carboxylic acids is 1. The van der Waals surface area contributed by atoms with E-state index in [0.29, 0.717) is 32.8 Å². The first-order valence-corrected chi connectivity index (χ1v) is 11.4. The number of fused-ring (bicyclic) bond motifs is 1. The summed E-state index contributed by atoms with van der Waals surface area (Å²) in [7, 11) is 0. The molecule has 3 heterocycles. The molecule has 1 saturated carbocycles. The van der Waals surface area contributed by atoms with Gasteiger partial charge in [-0.2, -0.15) is 0 Å². The lowest BCUT2D eigenvalue weighted by Crippen LogP contribution is -2.28. The average Bonchev–Trinajstić information content (AvgIpc) is 3.00. The van der Waals surface area contributed by atoms with Gasteiger partial charge in [-0.25, -0.2) is 4.98 Å². The van der Waals surface area contributed by atoms with Crippen LogP contribution in [0.2, 0.25) is 0 Å². The minimum Gasteiger partial charge on any atom is -0.367 e. The van der Waals surface area contributed by atoms with E-state index in [9.17, 15) is 9.59 Å². The first-order chi connectivity index (χ1) is 14.5. The molecule has 1 amide bonds. The van der Waals surface area contributed by atoms with Gasteiger partial charge >= 0.3 is 0 Å². The molecule has 6 nitrogen and oxygen atoms in total. The zero-order chi connectivity index (χ0) is 21.3. The highest BCUT2D eigenvalue weighted by molar-refractivity contribution is 8.26. The molecule has 2 aromatic heterocycles. The van der Waals surface area contributed by atoms with Crippen molar-refractivity contribution in [3.8, 4) is 0 Å². The molecule has 1 aliphatic carbocycles. The third-order valence-corrected chi connectivity index (χ3v) is 6.87. The van der Waals surface area contributed by atoms with Gasteiger partial charge in [-0.05, 0) is 37.5 Å². The Morgan fingerprint density at radius 1 is 1.33 bits per heavy atom. The Balaban J connectivity index is 1.83. The van der Waals surface area contributed by atoms with E-state index in [0.717, 1.165) is 18.4 Å². The largest absolute Gasteiger partial charge is 0.367 e. The van der Waals surface area contributed by atoms with E-state index >= 15 is 0 Å². The van der Waals surface area contributed by atoms with Gasteiger partial charge in [0.1, 0.15) is 15.8 Å². The van der Waals surface area contributed by atoms with Crippen molar-refractivity contribution in [2.24, 2.45) is 0 Å². The van der Waals surface area contributed by atoms with Gasteiger partial charge in [0.2, 0.25) is 0 Å². The van der Waals surface area contributed by atoms with Crippen LogP contribution in [0.5, 0.6) is 0 Å². The number of hydrogen-bond donors (Lipinski definition) is 1. The summed E-state index contributed by atoms with van der Waals surface area (Å²) in [5.41, 5.74) is 1.74. The summed E-state index contributed by atoms with van der Waals surface area (Å²) >= 11 is 6.54. The predicted octanol–water partition coefficient (Wildman–Crippen LogP) is 4.13. The Bertz CT molecular complexity index is 1120. The Labute approximate surface area is 185 Å². The molecule has 0 atom stereocenters. The maximum absolute atomic E-state index is 13.4. The summed E-state index contributed by atoms with van der Waals surface area (Å²) < 4.78 is 2.01. The Morgan fingerprint density at radius 2 is 2.10 bits per heavy atom. The molecule has 1 aliphatic heterocycles. The third kappa shape index (κ3) is 3.94. The molecule has 0 spiro atoms. The normalized spacial score (nSPS) is 19.1. The number of aromatic nitrogens is 2. The molecule has 1 N–H and O–H groups in total. The van der Waals surface area contributed by atoms with E-state index < -0.39 is 0 Å². The minimum absolute atomic E-state index is 0.198. The molecule has 2 aliphatic rings. The van der Waals surface area contributed by atoms with Crippen molar-refractivity contribution in [3.05, 3.63) is 57.4 Å². The molecule has 156 valence electrons. The number of nitrogens with one attached hydrogen (secondary N) is 1. The van der Waals surface area contributed by atoms with Crippen LogP contribution in [0.3, 0.4) is 0 Å². The summed E-state index contributed by atoms with van der Waals surface area (Å²) in [6.07, 6.45) is 10.7. The van der Waals surface area contributed by atoms with Gasteiger partial charge in [0.15, 0.2) is 0 Å². The van der Waals surface area contributed by atoms with Crippen LogP contribution in [-0.4, -0.2) is 37.1 Å². The number of nitrogens with zero attached hydrogens (tertiary/aromatic N) is 3. The highest BCUT2D eigenvalue weighted by Crippen LogP contribution is 2.33. The van der Waals surface area contributed by atoms with E-state index in [1.807, 2.05) is 19.1 Å². The standard InChI is InChI=1S/C22H24N4O2S2/c1-3-11-26-21(28)17(30-22(26)29)13-16-18(23-15-9-5-4-6-10-15)24-19-14(2)8-7-12-25(19)20(16)27/h3,7-8,12-13,15,23H,1,4-6,9-11H2,2H3/b17-13+. The van der Waals surface area contributed by atoms with Gasteiger partial charge in [0.25, 0.3) is 11.5 Å².